The maximum Gasteiger partial charge on any atom is 0.311 e. The van der Waals surface area contributed by atoms with Crippen LogP contribution in [-0.2, 0) is 27.5 Å². The molecule has 0 radical (unpaired) electrons. The maximum atomic E-state index is 12.5. The minimum Gasteiger partial charge on any atom is -0.444 e. The molecule has 0 saturated heterocycles. The first kappa shape index (κ1) is 25.1. The van der Waals surface area contributed by atoms with Crippen molar-refractivity contribution in [1.29, 1.82) is 0 Å². The van der Waals surface area contributed by atoms with Crippen LogP contribution in [0.5, 0.6) is 0 Å². The van der Waals surface area contributed by atoms with Crippen LogP contribution in [0.25, 0.3) is 27.1 Å². The number of ether oxygens (including phenoxy) is 1. The molecule has 10 nitrogen and oxygen atoms in total. The van der Waals surface area contributed by atoms with Crippen molar-refractivity contribution < 1.29 is 14.3 Å². The van der Waals surface area contributed by atoms with Crippen molar-refractivity contribution in [2.24, 2.45) is 5.92 Å². The third-order valence-electron chi connectivity index (χ3n) is 6.98. The standard InChI is InChI=1S/C28H29N7O3/c1-19(36)33-23-9-7-20(8-10-23)13-26(37)38-18-34-12-11-24-27(30-17-31-28(24)34)22-14-32-35(16-22)25(15-29-2)21-5-3-4-6-21/h7-12,14,16-17,21,25H,3-6,13,15,18H2,1H3,(H,33,36)/t25-/m1/s1. The van der Waals surface area contributed by atoms with Crippen LogP contribution in [0.4, 0.5) is 5.69 Å². The largest absolute Gasteiger partial charge is 0.444 e. The topological polar surface area (TPSA) is 108 Å². The Balaban J connectivity index is 1.27. The van der Waals surface area contributed by atoms with Crippen LogP contribution >= 0.6 is 0 Å². The highest BCUT2D eigenvalue weighted by atomic mass is 16.5. The summed E-state index contributed by atoms with van der Waals surface area (Å²) in [6.45, 7) is 9.30. The van der Waals surface area contributed by atoms with Crippen molar-refractivity contribution in [2.75, 3.05) is 11.9 Å². The molecule has 1 aromatic carbocycles. The summed E-state index contributed by atoms with van der Waals surface area (Å²) in [6, 6.07) is 9.05. The number of nitrogens with zero attached hydrogens (tertiary/aromatic N) is 6. The van der Waals surface area contributed by atoms with E-state index in [0.717, 1.165) is 35.0 Å². The molecule has 3 aromatic heterocycles. The van der Waals surface area contributed by atoms with E-state index in [0.29, 0.717) is 23.8 Å². The minimum absolute atomic E-state index is 0.0246. The second kappa shape index (κ2) is 11.3. The number of esters is 1. The molecule has 3 heterocycles. The van der Waals surface area contributed by atoms with E-state index in [1.54, 1.807) is 35.0 Å². The van der Waals surface area contributed by atoms with E-state index in [1.165, 1.54) is 26.1 Å². The number of anilines is 1. The van der Waals surface area contributed by atoms with Gasteiger partial charge in [-0.05, 0) is 42.5 Å². The van der Waals surface area contributed by atoms with E-state index in [-0.39, 0.29) is 31.1 Å². The monoisotopic (exact) mass is 511 g/mol. The van der Waals surface area contributed by atoms with Gasteiger partial charge < -0.3 is 14.9 Å². The average molecular weight is 512 g/mol. The first-order chi connectivity index (χ1) is 18.5. The van der Waals surface area contributed by atoms with Gasteiger partial charge in [0.1, 0.15) is 18.0 Å². The van der Waals surface area contributed by atoms with Gasteiger partial charge >= 0.3 is 5.97 Å². The summed E-state index contributed by atoms with van der Waals surface area (Å²) >= 11 is 0. The number of fused-ring (bicyclic) bond motifs is 1. The van der Waals surface area contributed by atoms with Crippen LogP contribution in [0.1, 0.15) is 44.2 Å². The lowest BCUT2D eigenvalue weighted by Crippen LogP contribution is -2.20. The lowest BCUT2D eigenvalue weighted by atomic mass is 9.98. The fourth-order valence-electron chi connectivity index (χ4n) is 5.13. The van der Waals surface area contributed by atoms with Gasteiger partial charge in [-0.25, -0.2) is 16.5 Å². The number of hydrogen-bond donors (Lipinski definition) is 1. The Bertz CT molecular complexity index is 1480. The van der Waals surface area contributed by atoms with E-state index in [9.17, 15) is 9.59 Å². The average Bonchev–Trinajstić information content (AvgIpc) is 3.68. The molecule has 1 saturated carbocycles. The molecular formula is C28H29N7O3. The summed E-state index contributed by atoms with van der Waals surface area (Å²) < 4.78 is 9.20. The van der Waals surface area contributed by atoms with Crippen LogP contribution in [0.15, 0.2) is 55.2 Å². The molecule has 0 bridgehead atoms. The summed E-state index contributed by atoms with van der Waals surface area (Å²) in [6.07, 6.45) is 11.9. The lowest BCUT2D eigenvalue weighted by Gasteiger charge is -2.18. The number of carbonyl (C=O) groups excluding carboxylic acids is 2. The van der Waals surface area contributed by atoms with Gasteiger partial charge in [0, 0.05) is 36.0 Å². The van der Waals surface area contributed by atoms with Crippen LogP contribution in [0.2, 0.25) is 0 Å². The van der Waals surface area contributed by atoms with E-state index in [1.807, 2.05) is 23.1 Å². The summed E-state index contributed by atoms with van der Waals surface area (Å²) in [7, 11) is 0. The van der Waals surface area contributed by atoms with Gasteiger partial charge in [0.2, 0.25) is 12.5 Å². The van der Waals surface area contributed by atoms with Crippen LogP contribution in [0.3, 0.4) is 0 Å². The Morgan fingerprint density at radius 3 is 2.71 bits per heavy atom. The van der Waals surface area contributed by atoms with Crippen LogP contribution < -0.4 is 5.32 Å². The molecule has 0 spiro atoms. The molecule has 5 rings (SSSR count). The molecule has 1 amide bonds. The molecule has 0 unspecified atom stereocenters. The van der Waals surface area contributed by atoms with Crippen molar-refractivity contribution in [2.45, 2.75) is 51.8 Å². The molecule has 1 aliphatic carbocycles. The Hall–Kier alpha value is -4.52. The van der Waals surface area contributed by atoms with Crippen molar-refractivity contribution in [1.82, 2.24) is 24.3 Å². The van der Waals surface area contributed by atoms with Gasteiger partial charge in [-0.15, -0.1) is 0 Å². The maximum absolute atomic E-state index is 12.5. The summed E-state index contributed by atoms with van der Waals surface area (Å²) in [5.74, 6) is -0.0362. The Labute approximate surface area is 220 Å². The lowest BCUT2D eigenvalue weighted by molar-refractivity contribution is -0.146. The Morgan fingerprint density at radius 1 is 1.18 bits per heavy atom. The molecule has 0 aliphatic heterocycles. The molecule has 4 aromatic rings. The van der Waals surface area contributed by atoms with Gasteiger partial charge in [0.15, 0.2) is 6.73 Å². The minimum atomic E-state index is -0.368. The highest BCUT2D eigenvalue weighted by molar-refractivity contribution is 5.90. The molecule has 1 aliphatic rings. The number of amides is 1. The fourth-order valence-corrected chi connectivity index (χ4v) is 5.13. The highest BCUT2D eigenvalue weighted by Gasteiger charge is 2.29. The van der Waals surface area contributed by atoms with Crippen molar-refractivity contribution in [3.8, 4) is 11.3 Å². The van der Waals surface area contributed by atoms with Gasteiger partial charge in [-0.2, -0.15) is 5.10 Å². The number of carbonyl (C=O) groups is 2. The van der Waals surface area contributed by atoms with Crippen molar-refractivity contribution in [3.05, 3.63) is 72.2 Å². The molecule has 1 atom stereocenters. The summed E-state index contributed by atoms with van der Waals surface area (Å²) in [5.41, 5.74) is 3.73. The molecule has 1 N–H and O–H groups in total. The first-order valence-electron chi connectivity index (χ1n) is 12.7. The fraction of sp³-hybridized carbons (Fsp3) is 0.357. The molecular weight excluding hydrogens is 482 g/mol. The van der Waals surface area contributed by atoms with Crippen LogP contribution in [0, 0.1) is 12.5 Å². The van der Waals surface area contributed by atoms with Gasteiger partial charge in [0.05, 0.1) is 18.3 Å². The molecule has 10 heteroatoms. The van der Waals surface area contributed by atoms with E-state index in [2.05, 4.69) is 25.2 Å². The first-order valence-corrected chi connectivity index (χ1v) is 12.7. The number of rotatable bonds is 9. The number of nitrogens with one attached hydrogen (secondary N) is 1. The summed E-state index contributed by atoms with van der Waals surface area (Å²) in [4.78, 5) is 36.2. The second-order valence-electron chi connectivity index (χ2n) is 9.61. The Morgan fingerprint density at radius 2 is 1.97 bits per heavy atom. The van der Waals surface area contributed by atoms with Gasteiger partial charge in [0.25, 0.3) is 0 Å². The Kier molecular flexibility index (Phi) is 7.45. The number of aromatic nitrogens is 5. The predicted octanol–water partition coefficient (Wildman–Crippen LogP) is 4.65. The zero-order chi connectivity index (χ0) is 26.5. The third-order valence-corrected chi connectivity index (χ3v) is 6.98. The molecule has 1 fully saturated rings. The SMILES string of the molecule is [C-]#[N+]C[C@H](C1CCCC1)n1cc(-c2ncnc3c2ccn3COC(=O)Cc2ccc(NC(C)=O)cc2)cn1. The van der Waals surface area contributed by atoms with E-state index >= 15 is 0 Å². The zero-order valence-corrected chi connectivity index (χ0v) is 21.2. The van der Waals surface area contributed by atoms with Gasteiger partial charge in [-0.1, -0.05) is 25.0 Å². The molecule has 194 valence electrons. The van der Waals surface area contributed by atoms with E-state index in [4.69, 9.17) is 11.3 Å². The third kappa shape index (κ3) is 5.57. The quantitative estimate of drug-likeness (QED) is 0.259. The predicted molar refractivity (Wildman–Crippen MR) is 142 cm³/mol. The number of benzene rings is 1. The second-order valence-corrected chi connectivity index (χ2v) is 9.61. The van der Waals surface area contributed by atoms with Crippen molar-refractivity contribution in [3.63, 3.8) is 0 Å². The number of hydrogen-bond acceptors (Lipinski definition) is 6. The van der Waals surface area contributed by atoms with Gasteiger partial charge in [-0.3, -0.25) is 18.8 Å². The smallest absolute Gasteiger partial charge is 0.311 e. The van der Waals surface area contributed by atoms with Crippen LogP contribution in [-0.4, -0.2) is 42.7 Å². The normalized spacial score (nSPS) is 14.3. The highest BCUT2D eigenvalue weighted by Crippen LogP contribution is 2.35. The summed E-state index contributed by atoms with van der Waals surface area (Å²) in [5, 5.41) is 8.14. The molecule has 38 heavy (non-hydrogen) atoms. The zero-order valence-electron chi connectivity index (χ0n) is 21.2. The van der Waals surface area contributed by atoms with E-state index < -0.39 is 0 Å². The van der Waals surface area contributed by atoms with Crippen molar-refractivity contribution >= 4 is 28.6 Å².